The minimum Gasteiger partial charge on any atom is -0.497 e. The number of carbonyl (C=O) groups excluding carboxylic acids is 1. The van der Waals surface area contributed by atoms with Crippen LogP contribution in [-0.4, -0.2) is 13.0 Å². The van der Waals surface area contributed by atoms with E-state index in [0.717, 1.165) is 27.4 Å². The summed E-state index contributed by atoms with van der Waals surface area (Å²) in [5.41, 5.74) is 4.21. The van der Waals surface area contributed by atoms with Gasteiger partial charge in [0.2, 0.25) is 5.91 Å². The molecule has 0 aliphatic rings. The van der Waals surface area contributed by atoms with Crippen molar-refractivity contribution in [3.8, 4) is 16.2 Å². The van der Waals surface area contributed by atoms with Crippen molar-refractivity contribution in [2.45, 2.75) is 13.3 Å². The standard InChI is InChI=1S/C20H19NO2S/c1-14-3-5-15(6-4-14)20-16(11-12-24-20)13-19(22)21-17-7-9-18(23-2)10-8-17/h3-12H,13H2,1-2H3,(H,21,22). The van der Waals surface area contributed by atoms with E-state index in [1.165, 1.54) is 5.56 Å². The molecule has 0 atom stereocenters. The van der Waals surface area contributed by atoms with Gasteiger partial charge in [-0.05, 0) is 53.8 Å². The normalized spacial score (nSPS) is 10.4. The molecular formula is C20H19NO2S. The molecule has 0 fully saturated rings. The van der Waals surface area contributed by atoms with Crippen molar-refractivity contribution in [3.63, 3.8) is 0 Å². The molecule has 3 nitrogen and oxygen atoms in total. The van der Waals surface area contributed by atoms with Crippen molar-refractivity contribution >= 4 is 22.9 Å². The monoisotopic (exact) mass is 337 g/mol. The highest BCUT2D eigenvalue weighted by molar-refractivity contribution is 7.13. The highest BCUT2D eigenvalue weighted by Crippen LogP contribution is 2.30. The van der Waals surface area contributed by atoms with Crippen LogP contribution in [0.3, 0.4) is 0 Å². The molecule has 3 aromatic rings. The Kier molecular flexibility index (Phi) is 4.96. The van der Waals surface area contributed by atoms with Crippen molar-refractivity contribution in [3.05, 3.63) is 71.1 Å². The van der Waals surface area contributed by atoms with Gasteiger partial charge < -0.3 is 10.1 Å². The van der Waals surface area contributed by atoms with Crippen LogP contribution >= 0.6 is 11.3 Å². The molecule has 24 heavy (non-hydrogen) atoms. The summed E-state index contributed by atoms with van der Waals surface area (Å²) in [5, 5.41) is 4.96. The maximum Gasteiger partial charge on any atom is 0.228 e. The SMILES string of the molecule is COc1ccc(NC(=O)Cc2ccsc2-c2ccc(C)cc2)cc1. The highest BCUT2D eigenvalue weighted by Gasteiger charge is 2.11. The lowest BCUT2D eigenvalue weighted by Gasteiger charge is -2.07. The van der Waals surface area contributed by atoms with Gasteiger partial charge in [0.25, 0.3) is 0 Å². The molecular weight excluding hydrogens is 318 g/mol. The second kappa shape index (κ2) is 7.32. The first-order valence-electron chi connectivity index (χ1n) is 7.73. The number of amides is 1. The Hall–Kier alpha value is -2.59. The van der Waals surface area contributed by atoms with Gasteiger partial charge in [-0.15, -0.1) is 11.3 Å². The first-order valence-corrected chi connectivity index (χ1v) is 8.61. The zero-order valence-electron chi connectivity index (χ0n) is 13.7. The third-order valence-electron chi connectivity index (χ3n) is 3.79. The van der Waals surface area contributed by atoms with Crippen LogP contribution < -0.4 is 10.1 Å². The second-order valence-electron chi connectivity index (χ2n) is 5.59. The van der Waals surface area contributed by atoms with Gasteiger partial charge in [-0.1, -0.05) is 29.8 Å². The van der Waals surface area contributed by atoms with Crippen LogP contribution in [0, 0.1) is 6.92 Å². The number of benzene rings is 2. The molecule has 122 valence electrons. The van der Waals surface area contributed by atoms with Crippen molar-refractivity contribution in [1.82, 2.24) is 0 Å². The lowest BCUT2D eigenvalue weighted by molar-refractivity contribution is -0.115. The van der Waals surface area contributed by atoms with E-state index in [1.54, 1.807) is 18.4 Å². The molecule has 0 bridgehead atoms. The summed E-state index contributed by atoms with van der Waals surface area (Å²) in [5.74, 6) is 0.749. The maximum atomic E-state index is 12.3. The van der Waals surface area contributed by atoms with Crippen molar-refractivity contribution in [2.24, 2.45) is 0 Å². The molecule has 1 N–H and O–H groups in total. The van der Waals surface area contributed by atoms with Crippen molar-refractivity contribution in [2.75, 3.05) is 12.4 Å². The lowest BCUT2D eigenvalue weighted by Crippen LogP contribution is -2.14. The molecule has 0 saturated heterocycles. The van der Waals surface area contributed by atoms with E-state index in [9.17, 15) is 4.79 Å². The van der Waals surface area contributed by atoms with E-state index in [1.807, 2.05) is 35.7 Å². The van der Waals surface area contributed by atoms with E-state index in [-0.39, 0.29) is 5.91 Å². The summed E-state index contributed by atoms with van der Waals surface area (Å²) in [7, 11) is 1.62. The second-order valence-corrected chi connectivity index (χ2v) is 6.51. The molecule has 4 heteroatoms. The predicted molar refractivity (Wildman–Crippen MR) is 99.8 cm³/mol. The first-order chi connectivity index (χ1) is 11.7. The number of nitrogens with one attached hydrogen (secondary N) is 1. The zero-order valence-corrected chi connectivity index (χ0v) is 14.5. The summed E-state index contributed by atoms with van der Waals surface area (Å²) < 4.78 is 5.12. The number of carbonyl (C=O) groups is 1. The summed E-state index contributed by atoms with van der Waals surface area (Å²) in [6.07, 6.45) is 0.360. The minimum atomic E-state index is -0.0214. The van der Waals surface area contributed by atoms with E-state index in [2.05, 4.69) is 36.5 Å². The zero-order chi connectivity index (χ0) is 16.9. The largest absolute Gasteiger partial charge is 0.497 e. The number of thiophene rings is 1. The molecule has 0 aliphatic heterocycles. The third-order valence-corrected chi connectivity index (χ3v) is 4.79. The number of hydrogen-bond donors (Lipinski definition) is 1. The summed E-state index contributed by atoms with van der Waals surface area (Å²) in [6, 6.07) is 17.8. The Labute approximate surface area is 145 Å². The van der Waals surface area contributed by atoms with Crippen LogP contribution in [0.1, 0.15) is 11.1 Å². The number of rotatable bonds is 5. The molecule has 1 heterocycles. The number of anilines is 1. The van der Waals surface area contributed by atoms with Crippen LogP contribution in [0.25, 0.3) is 10.4 Å². The molecule has 0 saturated carbocycles. The van der Waals surface area contributed by atoms with Gasteiger partial charge in [-0.3, -0.25) is 4.79 Å². The quantitative estimate of drug-likeness (QED) is 0.718. The van der Waals surface area contributed by atoms with E-state index in [4.69, 9.17) is 4.74 Å². The van der Waals surface area contributed by atoms with Gasteiger partial charge in [-0.25, -0.2) is 0 Å². The average molecular weight is 337 g/mol. The molecule has 0 spiro atoms. The molecule has 3 rings (SSSR count). The van der Waals surface area contributed by atoms with Gasteiger partial charge in [0.1, 0.15) is 5.75 Å². The fourth-order valence-electron chi connectivity index (χ4n) is 2.49. The molecule has 1 amide bonds. The Morgan fingerprint density at radius 2 is 1.75 bits per heavy atom. The van der Waals surface area contributed by atoms with Crippen LogP contribution in [0.2, 0.25) is 0 Å². The number of ether oxygens (including phenoxy) is 1. The topological polar surface area (TPSA) is 38.3 Å². The highest BCUT2D eigenvalue weighted by atomic mass is 32.1. The lowest BCUT2D eigenvalue weighted by atomic mass is 10.1. The van der Waals surface area contributed by atoms with Crippen LogP contribution in [0.4, 0.5) is 5.69 Å². The Morgan fingerprint density at radius 3 is 2.42 bits per heavy atom. The average Bonchev–Trinajstić information content (AvgIpc) is 3.04. The summed E-state index contributed by atoms with van der Waals surface area (Å²) in [6.45, 7) is 2.07. The van der Waals surface area contributed by atoms with Crippen LogP contribution in [0.15, 0.2) is 60.0 Å². The number of aryl methyl sites for hydroxylation is 1. The van der Waals surface area contributed by atoms with Gasteiger partial charge in [0.05, 0.1) is 13.5 Å². The maximum absolute atomic E-state index is 12.3. The number of hydrogen-bond acceptors (Lipinski definition) is 3. The Morgan fingerprint density at radius 1 is 1.04 bits per heavy atom. The van der Waals surface area contributed by atoms with E-state index in [0.29, 0.717) is 6.42 Å². The van der Waals surface area contributed by atoms with Crippen LogP contribution in [0.5, 0.6) is 5.75 Å². The van der Waals surface area contributed by atoms with Crippen molar-refractivity contribution in [1.29, 1.82) is 0 Å². The molecule has 0 aliphatic carbocycles. The third kappa shape index (κ3) is 3.84. The van der Waals surface area contributed by atoms with Gasteiger partial charge in [0.15, 0.2) is 0 Å². The smallest absolute Gasteiger partial charge is 0.228 e. The first kappa shape index (κ1) is 16.3. The predicted octanol–water partition coefficient (Wildman–Crippen LogP) is 4.91. The van der Waals surface area contributed by atoms with Crippen molar-refractivity contribution < 1.29 is 9.53 Å². The Bertz CT molecular complexity index is 820. The molecule has 0 radical (unpaired) electrons. The summed E-state index contributed by atoms with van der Waals surface area (Å²) in [4.78, 5) is 13.5. The molecule has 0 unspecified atom stereocenters. The van der Waals surface area contributed by atoms with Crippen LogP contribution in [-0.2, 0) is 11.2 Å². The Balaban J connectivity index is 1.70. The molecule has 2 aromatic carbocycles. The fraction of sp³-hybridized carbons (Fsp3) is 0.150. The molecule has 1 aromatic heterocycles. The fourth-order valence-corrected chi connectivity index (χ4v) is 3.42. The van der Waals surface area contributed by atoms with Gasteiger partial charge in [-0.2, -0.15) is 0 Å². The van der Waals surface area contributed by atoms with Gasteiger partial charge in [0, 0.05) is 10.6 Å². The summed E-state index contributed by atoms with van der Waals surface area (Å²) >= 11 is 1.67. The van der Waals surface area contributed by atoms with Gasteiger partial charge >= 0.3 is 0 Å². The minimum absolute atomic E-state index is 0.0214. The number of methoxy groups -OCH3 is 1. The van der Waals surface area contributed by atoms with E-state index >= 15 is 0 Å². The van der Waals surface area contributed by atoms with E-state index < -0.39 is 0 Å².